The Labute approximate surface area is 271 Å². The fraction of sp³-hybridized carbons (Fsp3) is 0.611. The van der Waals surface area contributed by atoms with Gasteiger partial charge in [0.15, 0.2) is 0 Å². The van der Waals surface area contributed by atoms with Crippen molar-refractivity contribution in [3.8, 4) is 0 Å². The molecular formula is C36H47N3O7. The molecule has 3 amide bonds. The first kappa shape index (κ1) is 32.4. The van der Waals surface area contributed by atoms with Crippen LogP contribution in [0, 0.1) is 11.8 Å². The minimum Gasteiger partial charge on any atom is -0.455 e. The van der Waals surface area contributed by atoms with Crippen LogP contribution in [0.3, 0.4) is 0 Å². The molecule has 10 heteroatoms. The topological polar surface area (TPSA) is 125 Å². The maximum atomic E-state index is 14.6. The number of fused-ring (bicyclic) bond motifs is 2. The molecule has 248 valence electrons. The number of rotatable bonds is 7. The largest absolute Gasteiger partial charge is 0.455 e. The second-order valence-electron chi connectivity index (χ2n) is 13.4. The normalized spacial score (nSPS) is 34.5. The highest BCUT2D eigenvalue weighted by Crippen LogP contribution is 2.53. The van der Waals surface area contributed by atoms with Gasteiger partial charge in [-0.1, -0.05) is 73.9 Å². The third-order valence-electron chi connectivity index (χ3n) is 10.4. The molecule has 4 aliphatic heterocycles. The summed E-state index contributed by atoms with van der Waals surface area (Å²) in [6.45, 7) is 2.64. The monoisotopic (exact) mass is 633 g/mol. The van der Waals surface area contributed by atoms with E-state index in [-0.39, 0.29) is 36.8 Å². The minimum atomic E-state index is -1.34. The Morgan fingerprint density at radius 1 is 0.978 bits per heavy atom. The van der Waals surface area contributed by atoms with Crippen LogP contribution in [0.4, 0.5) is 0 Å². The number of cyclic esters (lactones) is 1. The number of esters is 1. The summed E-state index contributed by atoms with van der Waals surface area (Å²) >= 11 is 0. The lowest BCUT2D eigenvalue weighted by atomic mass is 9.77. The molecule has 7 atom stereocenters. The van der Waals surface area contributed by atoms with E-state index in [4.69, 9.17) is 9.47 Å². The van der Waals surface area contributed by atoms with Crippen molar-refractivity contribution in [2.75, 3.05) is 19.7 Å². The van der Waals surface area contributed by atoms with Gasteiger partial charge >= 0.3 is 5.97 Å². The van der Waals surface area contributed by atoms with Gasteiger partial charge in [-0.05, 0) is 51.0 Å². The zero-order valence-electron chi connectivity index (χ0n) is 26.7. The number of ether oxygens (including phenoxy) is 2. The number of amides is 3. The lowest BCUT2D eigenvalue weighted by Crippen LogP contribution is -2.57. The Hall–Kier alpha value is -3.50. The van der Waals surface area contributed by atoms with Gasteiger partial charge in [0.05, 0.1) is 18.1 Å². The van der Waals surface area contributed by atoms with Gasteiger partial charge in [0.25, 0.3) is 0 Å². The van der Waals surface area contributed by atoms with Crippen molar-refractivity contribution >= 4 is 23.7 Å². The smallest absolute Gasteiger partial charge is 0.313 e. The first-order valence-electron chi connectivity index (χ1n) is 17.1. The maximum absolute atomic E-state index is 14.6. The van der Waals surface area contributed by atoms with E-state index < -0.39 is 47.7 Å². The van der Waals surface area contributed by atoms with Crippen molar-refractivity contribution < 1.29 is 33.8 Å². The first-order chi connectivity index (χ1) is 22.4. The first-order valence-corrected chi connectivity index (χ1v) is 17.1. The van der Waals surface area contributed by atoms with Gasteiger partial charge in [-0.3, -0.25) is 19.2 Å². The fourth-order valence-electron chi connectivity index (χ4n) is 8.25. The van der Waals surface area contributed by atoms with Crippen LogP contribution in [-0.2, 0) is 28.7 Å². The summed E-state index contributed by atoms with van der Waals surface area (Å²) in [5, 5.41) is 12.3. The predicted octanol–water partition coefficient (Wildman–Crippen LogP) is 3.60. The van der Waals surface area contributed by atoms with Crippen molar-refractivity contribution in [3.63, 3.8) is 0 Å². The highest BCUT2D eigenvalue weighted by molar-refractivity contribution is 5.99. The highest BCUT2D eigenvalue weighted by Gasteiger charge is 2.72. The number of nitrogens with zero attached hydrogens (tertiary/aromatic N) is 2. The van der Waals surface area contributed by atoms with Crippen molar-refractivity contribution in [3.05, 3.63) is 60.2 Å². The number of hydrogen-bond donors (Lipinski definition) is 2. The van der Waals surface area contributed by atoms with Crippen molar-refractivity contribution in [2.24, 2.45) is 11.8 Å². The minimum absolute atomic E-state index is 0.0631. The standard InChI is InChI=1S/C36H47N3O7/c1-24-31(25-14-5-2-6-15-25)45-35(44)29-27(18-9-10-19-28(41)37-24)46-36-20-13-22-38(26-16-7-3-8-17-26)34(43)32(36)39(33(42)30(29)36)21-11-4-12-23-40/h2,5-6,9,13-15,18,20,24,26-27,29-32,40H,3-4,7-8,10-12,16-17,19,21-23H2,1H3,(H,37,41)/b18-9-/t24-,27-,29+,30+,31+,32-,36+/m1/s1. The predicted molar refractivity (Wildman–Crippen MR) is 170 cm³/mol. The van der Waals surface area contributed by atoms with E-state index >= 15 is 0 Å². The summed E-state index contributed by atoms with van der Waals surface area (Å²) in [5.41, 5.74) is -0.606. The molecule has 46 heavy (non-hydrogen) atoms. The fourth-order valence-corrected chi connectivity index (χ4v) is 8.25. The zero-order chi connectivity index (χ0) is 32.3. The second-order valence-corrected chi connectivity index (χ2v) is 13.4. The maximum Gasteiger partial charge on any atom is 0.313 e. The van der Waals surface area contributed by atoms with Crippen LogP contribution in [0.25, 0.3) is 0 Å². The van der Waals surface area contributed by atoms with E-state index in [2.05, 4.69) is 5.32 Å². The molecular weight excluding hydrogens is 586 g/mol. The molecule has 2 saturated heterocycles. The summed E-state index contributed by atoms with van der Waals surface area (Å²) in [7, 11) is 0. The molecule has 1 saturated carbocycles. The van der Waals surface area contributed by atoms with E-state index in [9.17, 15) is 24.3 Å². The van der Waals surface area contributed by atoms with E-state index in [1.165, 1.54) is 0 Å². The van der Waals surface area contributed by atoms with Crippen molar-refractivity contribution in [1.29, 1.82) is 0 Å². The van der Waals surface area contributed by atoms with Crippen LogP contribution in [0.15, 0.2) is 54.6 Å². The number of carbonyl (C=O) groups excluding carboxylic acids is 4. The summed E-state index contributed by atoms with van der Waals surface area (Å²) in [4.78, 5) is 60.0. The van der Waals surface area contributed by atoms with Gasteiger partial charge in [0.1, 0.15) is 23.7 Å². The molecule has 1 spiro atoms. The van der Waals surface area contributed by atoms with Crippen LogP contribution in [0.2, 0.25) is 0 Å². The van der Waals surface area contributed by atoms with E-state index in [1.54, 1.807) is 11.0 Å². The molecule has 3 fully saturated rings. The average molecular weight is 634 g/mol. The number of carbonyl (C=O) groups is 4. The number of allylic oxidation sites excluding steroid dienone is 1. The van der Waals surface area contributed by atoms with Crippen LogP contribution >= 0.6 is 0 Å². The quantitative estimate of drug-likeness (QED) is 0.267. The summed E-state index contributed by atoms with van der Waals surface area (Å²) in [6, 6.07) is 7.97. The zero-order valence-corrected chi connectivity index (χ0v) is 26.7. The third-order valence-corrected chi connectivity index (χ3v) is 10.4. The second kappa shape index (κ2) is 14.1. The van der Waals surface area contributed by atoms with Crippen molar-refractivity contribution in [1.82, 2.24) is 15.1 Å². The average Bonchev–Trinajstić information content (AvgIpc) is 3.44. The Balaban J connectivity index is 1.39. The van der Waals surface area contributed by atoms with E-state index in [1.807, 2.05) is 60.4 Å². The Morgan fingerprint density at radius 2 is 1.76 bits per heavy atom. The Kier molecular flexibility index (Phi) is 9.94. The van der Waals surface area contributed by atoms with E-state index in [0.717, 1.165) is 37.7 Å². The molecule has 1 aliphatic carbocycles. The van der Waals surface area contributed by atoms with E-state index in [0.29, 0.717) is 38.8 Å². The Bertz CT molecular complexity index is 1340. The summed E-state index contributed by atoms with van der Waals surface area (Å²) in [5.74, 6) is -3.08. The lowest BCUT2D eigenvalue weighted by molar-refractivity contribution is -0.161. The lowest BCUT2D eigenvalue weighted by Gasteiger charge is -2.39. The number of aliphatic hydroxyl groups excluding tert-OH is 1. The number of hydrogen-bond acceptors (Lipinski definition) is 7. The Morgan fingerprint density at radius 3 is 2.52 bits per heavy atom. The van der Waals surface area contributed by atoms with Crippen LogP contribution in [-0.4, -0.2) is 88.1 Å². The van der Waals surface area contributed by atoms with Gasteiger partial charge < -0.3 is 29.7 Å². The van der Waals surface area contributed by atoms with Gasteiger partial charge in [-0.25, -0.2) is 0 Å². The molecule has 1 aromatic rings. The molecule has 4 heterocycles. The number of nitrogens with one attached hydrogen (secondary N) is 1. The molecule has 10 nitrogen and oxygen atoms in total. The van der Waals surface area contributed by atoms with Crippen LogP contribution in [0.5, 0.6) is 0 Å². The molecule has 5 aliphatic rings. The SMILES string of the molecule is C[C@H]1NC(=O)CC/C=C\[C@H]2O[C@]34C=CCN(C5CCCCC5)C(=O)[C@H]3N(CCCCCO)C(=O)[C@@H]4[C@H]2C(=O)O[C@@H]1c1ccccc1. The third kappa shape index (κ3) is 6.13. The highest BCUT2D eigenvalue weighted by atomic mass is 16.6. The van der Waals surface area contributed by atoms with Gasteiger partial charge in [0.2, 0.25) is 17.7 Å². The number of benzene rings is 1. The number of aliphatic hydroxyl groups is 1. The van der Waals surface area contributed by atoms with Gasteiger partial charge in [0, 0.05) is 32.2 Å². The molecule has 0 radical (unpaired) electrons. The molecule has 0 bridgehead atoms. The summed E-state index contributed by atoms with van der Waals surface area (Å²) < 4.78 is 13.1. The molecule has 6 rings (SSSR count). The van der Waals surface area contributed by atoms with Gasteiger partial charge in [-0.15, -0.1) is 0 Å². The molecule has 0 aromatic heterocycles. The molecule has 1 aromatic carbocycles. The molecule has 2 N–H and O–H groups in total. The van der Waals surface area contributed by atoms with Crippen LogP contribution in [0.1, 0.15) is 82.8 Å². The number of likely N-dealkylation sites (tertiary alicyclic amines) is 1. The van der Waals surface area contributed by atoms with Gasteiger partial charge in [-0.2, -0.15) is 0 Å². The molecule has 0 unspecified atom stereocenters. The van der Waals surface area contributed by atoms with Crippen LogP contribution < -0.4 is 5.32 Å². The number of unbranched alkanes of at least 4 members (excludes halogenated alkanes) is 2. The summed E-state index contributed by atoms with van der Waals surface area (Å²) in [6.07, 6.45) is 13.6. The van der Waals surface area contributed by atoms with Crippen molar-refractivity contribution in [2.45, 2.75) is 107 Å².